The van der Waals surface area contributed by atoms with E-state index in [0.29, 0.717) is 11.1 Å². The summed E-state index contributed by atoms with van der Waals surface area (Å²) in [5.41, 5.74) is 0.374. The lowest BCUT2D eigenvalue weighted by Crippen LogP contribution is -2.34. The molecule has 0 aliphatic heterocycles. The zero-order chi connectivity index (χ0) is 19.4. The molecule has 0 saturated heterocycles. The lowest BCUT2D eigenvalue weighted by molar-refractivity contribution is -0.0974. The number of hydrogen-bond acceptors (Lipinski definition) is 5. The summed E-state index contributed by atoms with van der Waals surface area (Å²) in [6, 6.07) is 10.5. The van der Waals surface area contributed by atoms with Crippen LogP contribution in [0.1, 0.15) is 10.4 Å². The van der Waals surface area contributed by atoms with Gasteiger partial charge in [-0.3, -0.25) is 14.2 Å². The van der Waals surface area contributed by atoms with Crippen molar-refractivity contribution >= 4 is 16.8 Å². The van der Waals surface area contributed by atoms with Crippen molar-refractivity contribution < 1.29 is 18.7 Å². The molecule has 0 atom stereocenters. The lowest BCUT2D eigenvalue weighted by Gasteiger charge is -2.14. The summed E-state index contributed by atoms with van der Waals surface area (Å²) in [5.74, 6) is -0.876. The highest BCUT2D eigenvalue weighted by molar-refractivity contribution is 5.97. The van der Waals surface area contributed by atoms with E-state index in [0.717, 1.165) is 4.57 Å². The number of nitrogens with zero attached hydrogens (tertiary/aromatic N) is 2. The number of benzene rings is 2. The first-order valence-corrected chi connectivity index (χ1v) is 8.15. The van der Waals surface area contributed by atoms with E-state index in [-0.39, 0.29) is 23.5 Å². The molecule has 7 nitrogen and oxygen atoms in total. The van der Waals surface area contributed by atoms with Crippen LogP contribution in [0.25, 0.3) is 16.6 Å². The molecular formula is C19H18FN3O4. The van der Waals surface area contributed by atoms with Crippen LogP contribution in [-0.2, 0) is 9.47 Å². The highest BCUT2D eigenvalue weighted by atomic mass is 19.1. The summed E-state index contributed by atoms with van der Waals surface area (Å²) in [7, 11) is 2.95. The third-order valence-electron chi connectivity index (χ3n) is 4.09. The van der Waals surface area contributed by atoms with Crippen molar-refractivity contribution in [2.24, 2.45) is 0 Å². The predicted molar refractivity (Wildman–Crippen MR) is 97.4 cm³/mol. The lowest BCUT2D eigenvalue weighted by atomic mass is 10.1. The van der Waals surface area contributed by atoms with Gasteiger partial charge in [-0.25, -0.2) is 9.37 Å². The van der Waals surface area contributed by atoms with E-state index in [1.165, 1.54) is 50.9 Å². The first kappa shape index (κ1) is 18.7. The van der Waals surface area contributed by atoms with Gasteiger partial charge in [0.25, 0.3) is 11.5 Å². The number of rotatable bonds is 6. The number of carbonyl (C=O) groups is 1. The second kappa shape index (κ2) is 8.07. The number of fused-ring (bicyclic) bond motifs is 1. The fourth-order valence-electron chi connectivity index (χ4n) is 2.62. The molecule has 1 heterocycles. The minimum Gasteiger partial charge on any atom is -0.354 e. The highest BCUT2D eigenvalue weighted by Gasteiger charge is 2.13. The molecule has 3 aromatic rings. The Bertz CT molecular complexity index is 1030. The van der Waals surface area contributed by atoms with Gasteiger partial charge in [0.15, 0.2) is 6.29 Å². The normalized spacial score (nSPS) is 11.1. The van der Waals surface area contributed by atoms with E-state index in [4.69, 9.17) is 9.47 Å². The van der Waals surface area contributed by atoms with Gasteiger partial charge in [-0.15, -0.1) is 0 Å². The van der Waals surface area contributed by atoms with Gasteiger partial charge in [0.05, 0.1) is 23.1 Å². The van der Waals surface area contributed by atoms with Gasteiger partial charge in [0.1, 0.15) is 12.1 Å². The van der Waals surface area contributed by atoms with Gasteiger partial charge in [-0.05, 0) is 30.3 Å². The quantitative estimate of drug-likeness (QED) is 0.669. The molecule has 0 radical (unpaired) electrons. The summed E-state index contributed by atoms with van der Waals surface area (Å²) in [4.78, 5) is 29.1. The second-order valence-electron chi connectivity index (χ2n) is 5.71. The number of ether oxygens (including phenoxy) is 2. The fourth-order valence-corrected chi connectivity index (χ4v) is 2.62. The minimum absolute atomic E-state index is 0.115. The summed E-state index contributed by atoms with van der Waals surface area (Å²) in [6.45, 7) is 0.173. The van der Waals surface area contributed by atoms with Crippen molar-refractivity contribution in [3.63, 3.8) is 0 Å². The Morgan fingerprint density at radius 2 is 1.96 bits per heavy atom. The molecule has 0 spiro atoms. The van der Waals surface area contributed by atoms with Crippen LogP contribution in [0.5, 0.6) is 0 Å². The Labute approximate surface area is 154 Å². The van der Waals surface area contributed by atoms with Gasteiger partial charge in [0, 0.05) is 19.8 Å². The number of carbonyl (C=O) groups excluding carboxylic acids is 1. The molecule has 3 rings (SSSR count). The van der Waals surface area contributed by atoms with Crippen molar-refractivity contribution in [1.82, 2.24) is 14.9 Å². The second-order valence-corrected chi connectivity index (χ2v) is 5.71. The summed E-state index contributed by atoms with van der Waals surface area (Å²) >= 11 is 0. The van der Waals surface area contributed by atoms with Gasteiger partial charge >= 0.3 is 0 Å². The fraction of sp³-hybridized carbons (Fsp3) is 0.211. The maximum Gasteiger partial charge on any atom is 0.265 e. The zero-order valence-corrected chi connectivity index (χ0v) is 14.8. The van der Waals surface area contributed by atoms with Crippen LogP contribution >= 0.6 is 0 Å². The number of nitrogens with one attached hydrogen (secondary N) is 1. The van der Waals surface area contributed by atoms with Crippen LogP contribution in [0.2, 0.25) is 0 Å². The summed E-state index contributed by atoms with van der Waals surface area (Å²) < 4.78 is 25.1. The van der Waals surface area contributed by atoms with Crippen LogP contribution in [0.3, 0.4) is 0 Å². The summed E-state index contributed by atoms with van der Waals surface area (Å²) in [5, 5.41) is 2.96. The topological polar surface area (TPSA) is 82.5 Å². The maximum atomic E-state index is 14.0. The molecule has 0 unspecified atom stereocenters. The van der Waals surface area contributed by atoms with Crippen LogP contribution in [0.4, 0.5) is 4.39 Å². The van der Waals surface area contributed by atoms with Crippen molar-refractivity contribution in [3.8, 4) is 5.69 Å². The third kappa shape index (κ3) is 3.86. The minimum atomic E-state index is -0.555. The van der Waals surface area contributed by atoms with E-state index in [1.54, 1.807) is 12.1 Å². The van der Waals surface area contributed by atoms with E-state index in [9.17, 15) is 14.0 Å². The van der Waals surface area contributed by atoms with Crippen molar-refractivity contribution in [2.75, 3.05) is 20.8 Å². The average molecular weight is 371 g/mol. The molecule has 0 bridgehead atoms. The Morgan fingerprint density at radius 1 is 1.22 bits per heavy atom. The first-order valence-electron chi connectivity index (χ1n) is 8.15. The molecule has 0 aliphatic carbocycles. The molecule has 1 N–H and O–H groups in total. The van der Waals surface area contributed by atoms with Crippen LogP contribution in [-0.4, -0.2) is 42.5 Å². The SMILES string of the molecule is COC(CNC(=O)c1ccc2c(=O)n(-c3ccccc3F)cnc2c1)OC. The van der Waals surface area contributed by atoms with Crippen molar-refractivity contribution in [1.29, 1.82) is 0 Å². The number of amides is 1. The standard InChI is InChI=1S/C19H18FN3O4/c1-26-17(27-2)10-21-18(24)12-7-8-13-15(9-12)22-11-23(19(13)25)16-6-4-3-5-14(16)20/h3-9,11,17H,10H2,1-2H3,(H,21,24). The van der Waals surface area contributed by atoms with Crippen LogP contribution in [0.15, 0.2) is 53.6 Å². The Morgan fingerprint density at radius 3 is 2.67 bits per heavy atom. The number of halogens is 1. The number of para-hydroxylation sites is 1. The molecule has 1 aromatic heterocycles. The van der Waals surface area contributed by atoms with Gasteiger partial charge in [0.2, 0.25) is 0 Å². The number of hydrogen-bond donors (Lipinski definition) is 1. The molecule has 27 heavy (non-hydrogen) atoms. The van der Waals surface area contributed by atoms with E-state index in [1.807, 2.05) is 0 Å². The van der Waals surface area contributed by atoms with Crippen LogP contribution < -0.4 is 10.9 Å². The molecular weight excluding hydrogens is 353 g/mol. The van der Waals surface area contributed by atoms with Gasteiger partial charge < -0.3 is 14.8 Å². The van der Waals surface area contributed by atoms with E-state index in [2.05, 4.69) is 10.3 Å². The molecule has 0 fully saturated rings. The third-order valence-corrected chi connectivity index (χ3v) is 4.09. The van der Waals surface area contributed by atoms with Crippen molar-refractivity contribution in [3.05, 3.63) is 70.5 Å². The molecule has 8 heteroatoms. The van der Waals surface area contributed by atoms with E-state index < -0.39 is 17.7 Å². The number of methoxy groups -OCH3 is 2. The number of aromatic nitrogens is 2. The predicted octanol–water partition coefficient (Wildman–Crippen LogP) is 1.87. The Hall–Kier alpha value is -3.10. The van der Waals surface area contributed by atoms with Crippen LogP contribution in [0, 0.1) is 5.82 Å². The molecule has 140 valence electrons. The highest BCUT2D eigenvalue weighted by Crippen LogP contribution is 2.14. The smallest absolute Gasteiger partial charge is 0.265 e. The monoisotopic (exact) mass is 371 g/mol. The molecule has 0 saturated carbocycles. The average Bonchev–Trinajstić information content (AvgIpc) is 2.69. The molecule has 0 aliphatic rings. The van der Waals surface area contributed by atoms with E-state index >= 15 is 0 Å². The zero-order valence-electron chi connectivity index (χ0n) is 14.8. The Kier molecular flexibility index (Phi) is 5.58. The summed E-state index contributed by atoms with van der Waals surface area (Å²) in [6.07, 6.45) is 0.692. The maximum absolute atomic E-state index is 14.0. The molecule has 1 amide bonds. The van der Waals surface area contributed by atoms with Gasteiger partial charge in [-0.2, -0.15) is 0 Å². The largest absolute Gasteiger partial charge is 0.354 e. The van der Waals surface area contributed by atoms with Gasteiger partial charge in [-0.1, -0.05) is 12.1 Å². The first-order chi connectivity index (χ1) is 13.0. The Balaban J connectivity index is 1.91. The van der Waals surface area contributed by atoms with Crippen molar-refractivity contribution in [2.45, 2.75) is 6.29 Å². The molecule has 2 aromatic carbocycles.